The monoisotopic (exact) mass is 456 g/mol. The van der Waals surface area contributed by atoms with Gasteiger partial charge in [0.25, 0.3) is 5.95 Å². The zero-order chi connectivity index (χ0) is 24.5. The summed E-state index contributed by atoms with van der Waals surface area (Å²) in [5.41, 5.74) is 0.278. The highest BCUT2D eigenvalue weighted by Crippen LogP contribution is 2.39. The number of ketones is 2. The summed E-state index contributed by atoms with van der Waals surface area (Å²) >= 11 is 0. The zero-order valence-corrected chi connectivity index (χ0v) is 18.9. The molecule has 0 fully saturated rings. The maximum absolute atomic E-state index is 13.8. The summed E-state index contributed by atoms with van der Waals surface area (Å²) < 4.78 is 10.8. The quantitative estimate of drug-likeness (QED) is 0.418. The summed E-state index contributed by atoms with van der Waals surface area (Å²) in [5, 5.41) is 22.7. The van der Waals surface area contributed by atoms with Crippen molar-refractivity contribution in [2.45, 2.75) is 20.8 Å². The Kier molecular flexibility index (Phi) is 4.61. The molecule has 1 heterocycles. The van der Waals surface area contributed by atoms with Crippen LogP contribution >= 0.6 is 0 Å². The number of aromatic hydroxyl groups is 2. The van der Waals surface area contributed by atoms with E-state index in [-0.39, 0.29) is 45.1 Å². The summed E-state index contributed by atoms with van der Waals surface area (Å²) in [5.74, 6) is -1.15. The number of benzene rings is 3. The van der Waals surface area contributed by atoms with Crippen molar-refractivity contribution >= 4 is 38.7 Å². The van der Waals surface area contributed by atoms with Gasteiger partial charge >= 0.3 is 0 Å². The molecule has 170 valence electrons. The van der Waals surface area contributed by atoms with Gasteiger partial charge in [-0.05, 0) is 79.1 Å². The highest BCUT2D eigenvalue weighted by Gasteiger charge is 2.33. The fraction of sp³-hybridized carbons (Fsp3) is 0.148. The second-order valence-electron chi connectivity index (χ2n) is 8.47. The number of fused-ring (bicyclic) bond motifs is 3. The number of allylic oxidation sites excluding steroid dienone is 2. The van der Waals surface area contributed by atoms with Gasteiger partial charge in [-0.3, -0.25) is 14.4 Å². The Hall–Kier alpha value is -4.39. The average Bonchev–Trinajstić information content (AvgIpc) is 2.75. The zero-order valence-electron chi connectivity index (χ0n) is 18.9. The van der Waals surface area contributed by atoms with Crippen molar-refractivity contribution in [1.29, 1.82) is 0 Å². The van der Waals surface area contributed by atoms with Gasteiger partial charge in [-0.1, -0.05) is 0 Å². The van der Waals surface area contributed by atoms with Gasteiger partial charge in [0.1, 0.15) is 17.3 Å². The van der Waals surface area contributed by atoms with Gasteiger partial charge in [-0.2, -0.15) is 0 Å². The van der Waals surface area contributed by atoms with Crippen LogP contribution in [0.25, 0.3) is 27.1 Å². The number of carbonyl (C=O) groups is 2. The summed E-state index contributed by atoms with van der Waals surface area (Å²) in [6.45, 7) is 5.09. The maximum atomic E-state index is 13.8. The normalized spacial score (nSPS) is 13.4. The molecule has 0 spiro atoms. The molecular formula is C27H20O7. The molecule has 1 aliphatic carbocycles. The smallest absolute Gasteiger partial charge is 0.290 e. The third-order valence-corrected chi connectivity index (χ3v) is 6.22. The number of ether oxygens (including phenoxy) is 1. The van der Waals surface area contributed by atoms with Crippen molar-refractivity contribution in [3.05, 3.63) is 80.2 Å². The SMILES string of the molecule is COc1cc2cc3cc(C)oc(O)c3c(C)c2c(=O)c1C1=CC(=O)c2cc(C)cc(O)c2C1=O. The van der Waals surface area contributed by atoms with Crippen LogP contribution < -0.4 is 10.2 Å². The lowest BCUT2D eigenvalue weighted by molar-refractivity contribution is 0.0999. The Morgan fingerprint density at radius 1 is 0.853 bits per heavy atom. The van der Waals surface area contributed by atoms with E-state index in [1.807, 2.05) is 0 Å². The lowest BCUT2D eigenvalue weighted by Gasteiger charge is -2.19. The molecule has 5 rings (SSSR count). The predicted octanol–water partition coefficient (Wildman–Crippen LogP) is 4.75. The fourth-order valence-electron chi connectivity index (χ4n) is 4.80. The summed E-state index contributed by atoms with van der Waals surface area (Å²) in [6.07, 6.45) is 1.11. The van der Waals surface area contributed by atoms with Crippen LogP contribution in [-0.4, -0.2) is 28.9 Å². The number of hydrogen-bond donors (Lipinski definition) is 2. The average molecular weight is 456 g/mol. The molecule has 3 aromatic carbocycles. The number of methoxy groups -OCH3 is 1. The van der Waals surface area contributed by atoms with Gasteiger partial charge in [-0.25, -0.2) is 0 Å². The Morgan fingerprint density at radius 2 is 1.56 bits per heavy atom. The molecule has 4 aromatic rings. The number of aryl methyl sites for hydroxylation is 3. The second kappa shape index (κ2) is 7.31. The Morgan fingerprint density at radius 3 is 2.26 bits per heavy atom. The number of Topliss-reactive ketones (excluding diaryl/α,β-unsaturated/α-hetero) is 1. The standard InChI is InChI=1S/C27H20O7/c1-11-5-16-18(28)10-17(25(30)23(16)19(29)6-11)24-20(33-4)9-15-8-14-7-12(2)34-27(32)22(14)13(3)21(15)26(24)31/h5-10,29,32H,1-4H3. The Bertz CT molecular complexity index is 1690. The number of rotatable bonds is 2. The molecule has 2 N–H and O–H groups in total. The Balaban J connectivity index is 1.86. The molecule has 1 aromatic heterocycles. The van der Waals surface area contributed by atoms with Gasteiger partial charge in [-0.15, -0.1) is 0 Å². The molecule has 7 heteroatoms. The fourth-order valence-corrected chi connectivity index (χ4v) is 4.80. The molecule has 0 aliphatic heterocycles. The summed E-state index contributed by atoms with van der Waals surface area (Å²) in [4.78, 5) is 40.1. The molecule has 1 aliphatic rings. The maximum Gasteiger partial charge on any atom is 0.290 e. The molecule has 0 unspecified atom stereocenters. The molecule has 0 radical (unpaired) electrons. The number of hydrogen-bond acceptors (Lipinski definition) is 7. The third kappa shape index (κ3) is 2.94. The molecule has 0 atom stereocenters. The van der Waals surface area contributed by atoms with Crippen molar-refractivity contribution in [1.82, 2.24) is 0 Å². The van der Waals surface area contributed by atoms with Gasteiger partial charge in [0.15, 0.2) is 17.0 Å². The summed E-state index contributed by atoms with van der Waals surface area (Å²) in [6, 6.07) is 8.04. The minimum absolute atomic E-state index is 0.0787. The van der Waals surface area contributed by atoms with Crippen LogP contribution in [0.5, 0.6) is 17.4 Å². The first-order chi connectivity index (χ1) is 16.1. The molecule has 7 nitrogen and oxygen atoms in total. The molecule has 0 saturated carbocycles. The van der Waals surface area contributed by atoms with E-state index in [0.717, 1.165) is 6.08 Å². The number of carbonyl (C=O) groups excluding carboxylic acids is 2. The first-order valence-corrected chi connectivity index (χ1v) is 10.5. The van der Waals surface area contributed by atoms with Crippen molar-refractivity contribution in [2.75, 3.05) is 7.11 Å². The van der Waals surface area contributed by atoms with Gasteiger partial charge in [0, 0.05) is 16.5 Å². The van der Waals surface area contributed by atoms with Crippen LogP contribution in [0, 0.1) is 20.8 Å². The van der Waals surface area contributed by atoms with E-state index in [2.05, 4.69) is 0 Å². The van der Waals surface area contributed by atoms with E-state index >= 15 is 0 Å². The van der Waals surface area contributed by atoms with Crippen molar-refractivity contribution in [3.63, 3.8) is 0 Å². The third-order valence-electron chi connectivity index (χ3n) is 6.22. The van der Waals surface area contributed by atoms with Crippen LogP contribution in [0.1, 0.15) is 43.2 Å². The predicted molar refractivity (Wildman–Crippen MR) is 127 cm³/mol. The van der Waals surface area contributed by atoms with Crippen molar-refractivity contribution in [2.24, 2.45) is 0 Å². The molecule has 34 heavy (non-hydrogen) atoms. The van der Waals surface area contributed by atoms with E-state index in [1.165, 1.54) is 19.2 Å². The van der Waals surface area contributed by atoms with Gasteiger partial charge in [0.2, 0.25) is 0 Å². The first kappa shape index (κ1) is 21.5. The van der Waals surface area contributed by atoms with Gasteiger partial charge < -0.3 is 19.4 Å². The second-order valence-corrected chi connectivity index (χ2v) is 8.47. The van der Waals surface area contributed by atoms with Crippen LogP contribution in [0.15, 0.2) is 45.6 Å². The van der Waals surface area contributed by atoms with Crippen LogP contribution in [-0.2, 0) is 0 Å². The van der Waals surface area contributed by atoms with E-state index in [1.54, 1.807) is 39.0 Å². The Labute approximate surface area is 193 Å². The highest BCUT2D eigenvalue weighted by atomic mass is 16.5. The van der Waals surface area contributed by atoms with E-state index in [9.17, 15) is 24.6 Å². The molecular weight excluding hydrogens is 436 g/mol. The highest BCUT2D eigenvalue weighted by molar-refractivity contribution is 6.40. The lowest BCUT2D eigenvalue weighted by Crippen LogP contribution is -2.22. The van der Waals surface area contributed by atoms with E-state index in [4.69, 9.17) is 9.15 Å². The van der Waals surface area contributed by atoms with Crippen LogP contribution in [0.4, 0.5) is 0 Å². The largest absolute Gasteiger partial charge is 0.507 e. The van der Waals surface area contributed by atoms with Crippen LogP contribution in [0.3, 0.4) is 0 Å². The topological polar surface area (TPSA) is 114 Å². The minimum atomic E-state index is -0.645. The summed E-state index contributed by atoms with van der Waals surface area (Å²) in [7, 11) is 1.37. The van der Waals surface area contributed by atoms with Crippen LogP contribution in [0.2, 0.25) is 0 Å². The van der Waals surface area contributed by atoms with Crippen molar-refractivity contribution < 1.29 is 29.0 Å². The van der Waals surface area contributed by atoms with Gasteiger partial charge in [0.05, 0.1) is 23.6 Å². The number of phenols is 1. The molecule has 0 saturated heterocycles. The molecule has 0 amide bonds. The van der Waals surface area contributed by atoms with E-state index < -0.39 is 17.0 Å². The first-order valence-electron chi connectivity index (χ1n) is 10.5. The molecule has 0 bridgehead atoms. The lowest BCUT2D eigenvalue weighted by atomic mass is 9.83. The van der Waals surface area contributed by atoms with Crippen molar-refractivity contribution in [3.8, 4) is 17.4 Å². The minimum Gasteiger partial charge on any atom is -0.507 e. The number of phenolic OH excluding ortho intramolecular Hbond substituents is 1. The van der Waals surface area contributed by atoms with E-state index in [0.29, 0.717) is 33.0 Å².